The van der Waals surface area contributed by atoms with Crippen molar-refractivity contribution >= 4 is 5.91 Å². The first-order valence-corrected chi connectivity index (χ1v) is 15.7. The van der Waals surface area contributed by atoms with Crippen molar-refractivity contribution in [2.24, 2.45) is 17.8 Å². The van der Waals surface area contributed by atoms with E-state index in [-0.39, 0.29) is 12.2 Å². The van der Waals surface area contributed by atoms with Gasteiger partial charge >= 0.3 is 0 Å². The Kier molecular flexibility index (Phi) is 10.5. The monoisotopic (exact) mass is 518 g/mol. The van der Waals surface area contributed by atoms with Crippen molar-refractivity contribution in [2.45, 2.75) is 89.1 Å². The van der Waals surface area contributed by atoms with Gasteiger partial charge in [0.15, 0.2) is 0 Å². The third kappa shape index (κ3) is 7.89. The second kappa shape index (κ2) is 14.0. The molecule has 3 N–H and O–H groups in total. The Morgan fingerprint density at radius 2 is 1.49 bits per heavy atom. The molecule has 1 amide bonds. The van der Waals surface area contributed by atoms with Gasteiger partial charge < -0.3 is 14.5 Å². The fourth-order valence-corrected chi connectivity index (χ4v) is 7.71. The van der Waals surface area contributed by atoms with Crippen molar-refractivity contribution in [3.63, 3.8) is 0 Å². The molecule has 8 heteroatoms. The molecule has 37 heavy (non-hydrogen) atoms. The Labute approximate surface area is 225 Å². The van der Waals surface area contributed by atoms with E-state index >= 15 is 0 Å². The molecule has 0 aromatic rings. The smallest absolute Gasteiger partial charge is 0.225 e. The number of rotatable bonds is 9. The Balaban J connectivity index is 0.976. The van der Waals surface area contributed by atoms with E-state index in [1.165, 1.54) is 77.5 Å². The number of carbonyl (C=O) groups is 1. The number of amides is 1. The third-order valence-electron chi connectivity index (χ3n) is 10.1. The van der Waals surface area contributed by atoms with Crippen LogP contribution in [0.4, 0.5) is 0 Å². The molecule has 2 aliphatic carbocycles. The van der Waals surface area contributed by atoms with Crippen LogP contribution in [0.1, 0.15) is 70.6 Å². The van der Waals surface area contributed by atoms with E-state index in [4.69, 9.17) is 4.74 Å². The van der Waals surface area contributed by atoms with E-state index in [0.29, 0.717) is 18.1 Å². The average Bonchev–Trinajstić information content (AvgIpc) is 3.47. The third-order valence-corrected chi connectivity index (χ3v) is 10.1. The lowest BCUT2D eigenvalue weighted by Gasteiger charge is -2.41. The molecular weight excluding hydrogens is 464 g/mol. The van der Waals surface area contributed by atoms with Gasteiger partial charge in [0.05, 0.1) is 6.10 Å². The predicted molar refractivity (Wildman–Crippen MR) is 148 cm³/mol. The van der Waals surface area contributed by atoms with Crippen LogP contribution in [-0.2, 0) is 9.53 Å². The van der Waals surface area contributed by atoms with Crippen molar-refractivity contribution < 1.29 is 9.53 Å². The highest BCUT2D eigenvalue weighted by molar-refractivity contribution is 5.79. The van der Waals surface area contributed by atoms with Crippen LogP contribution in [0.3, 0.4) is 0 Å². The van der Waals surface area contributed by atoms with Crippen LogP contribution < -0.4 is 16.0 Å². The molecule has 2 atom stereocenters. The zero-order valence-corrected chi connectivity index (χ0v) is 23.5. The first-order chi connectivity index (χ1) is 18.2. The average molecular weight is 519 g/mol. The van der Waals surface area contributed by atoms with Gasteiger partial charge in [0.2, 0.25) is 5.91 Å². The van der Waals surface area contributed by atoms with E-state index in [9.17, 15) is 4.79 Å². The van der Waals surface area contributed by atoms with Crippen molar-refractivity contribution in [3.05, 3.63) is 0 Å². The summed E-state index contributed by atoms with van der Waals surface area (Å²) in [6, 6.07) is 0.424. The summed E-state index contributed by atoms with van der Waals surface area (Å²) in [7, 11) is 1.85. The van der Waals surface area contributed by atoms with E-state index in [2.05, 4.69) is 30.7 Å². The van der Waals surface area contributed by atoms with Gasteiger partial charge in [0.1, 0.15) is 6.29 Å². The number of hydrogen-bond donors (Lipinski definition) is 3. The minimum atomic E-state index is 0.175. The van der Waals surface area contributed by atoms with Crippen LogP contribution in [0.5, 0.6) is 0 Å². The van der Waals surface area contributed by atoms with Crippen LogP contribution in [0, 0.1) is 17.8 Å². The van der Waals surface area contributed by atoms with Gasteiger partial charge in [-0.2, -0.15) is 0 Å². The fourth-order valence-electron chi connectivity index (χ4n) is 7.71. The van der Waals surface area contributed by atoms with Gasteiger partial charge in [-0.3, -0.25) is 25.6 Å². The van der Waals surface area contributed by atoms with E-state index in [0.717, 1.165) is 70.4 Å². The highest BCUT2D eigenvalue weighted by Crippen LogP contribution is 2.32. The molecular formula is C29H54N6O2. The number of carbonyl (C=O) groups excluding carboxylic acids is 1. The summed E-state index contributed by atoms with van der Waals surface area (Å²) >= 11 is 0. The van der Waals surface area contributed by atoms with Gasteiger partial charge in [0, 0.05) is 58.3 Å². The summed E-state index contributed by atoms with van der Waals surface area (Å²) in [4.78, 5) is 20.7. The lowest BCUT2D eigenvalue weighted by atomic mass is 9.78. The summed E-state index contributed by atoms with van der Waals surface area (Å²) in [5.41, 5.74) is 0. The predicted octanol–water partition coefficient (Wildman–Crippen LogP) is 2.06. The van der Waals surface area contributed by atoms with E-state index in [1.807, 2.05) is 7.11 Å². The molecule has 8 nitrogen and oxygen atoms in total. The van der Waals surface area contributed by atoms with Gasteiger partial charge in [0.25, 0.3) is 0 Å². The molecule has 0 aromatic heterocycles. The van der Waals surface area contributed by atoms with Crippen molar-refractivity contribution in [1.29, 1.82) is 0 Å². The number of nitrogens with zero attached hydrogens (tertiary/aromatic N) is 3. The van der Waals surface area contributed by atoms with Crippen LogP contribution in [0.2, 0.25) is 0 Å². The minimum absolute atomic E-state index is 0.175. The number of methoxy groups -OCH3 is 1. The second-order valence-electron chi connectivity index (χ2n) is 12.6. The van der Waals surface area contributed by atoms with E-state index < -0.39 is 0 Å². The molecule has 212 valence electrons. The molecule has 0 bridgehead atoms. The van der Waals surface area contributed by atoms with Crippen molar-refractivity contribution in [3.8, 4) is 0 Å². The summed E-state index contributed by atoms with van der Waals surface area (Å²) < 4.78 is 5.56. The van der Waals surface area contributed by atoms with Crippen LogP contribution in [-0.4, -0.2) is 112 Å². The zero-order chi connectivity index (χ0) is 25.5. The number of piperazine rings is 1. The van der Waals surface area contributed by atoms with Crippen molar-refractivity contribution in [1.82, 2.24) is 30.7 Å². The first-order valence-electron chi connectivity index (χ1n) is 15.7. The van der Waals surface area contributed by atoms with Gasteiger partial charge in [-0.05, 0) is 102 Å². The molecule has 3 saturated heterocycles. The zero-order valence-electron chi connectivity index (χ0n) is 23.5. The molecule has 2 unspecified atom stereocenters. The second-order valence-corrected chi connectivity index (χ2v) is 12.6. The quantitative estimate of drug-likeness (QED) is 0.432. The van der Waals surface area contributed by atoms with Crippen molar-refractivity contribution in [2.75, 3.05) is 72.6 Å². The number of likely N-dealkylation sites (tertiary alicyclic amines) is 1. The lowest BCUT2D eigenvalue weighted by molar-refractivity contribution is -0.138. The number of nitrogens with one attached hydrogen (secondary N) is 3. The molecule has 0 aromatic carbocycles. The number of hydrogen-bond acceptors (Lipinski definition) is 7. The molecule has 3 heterocycles. The maximum Gasteiger partial charge on any atom is 0.225 e. The molecule has 3 aliphatic heterocycles. The molecule has 5 rings (SSSR count). The Morgan fingerprint density at radius 1 is 0.811 bits per heavy atom. The summed E-state index contributed by atoms with van der Waals surface area (Å²) in [5.74, 6) is 2.14. The summed E-state index contributed by atoms with van der Waals surface area (Å²) in [6.07, 6.45) is 14.1. The maximum atomic E-state index is 13.4. The summed E-state index contributed by atoms with van der Waals surface area (Å²) in [6.45, 7) is 11.1. The Morgan fingerprint density at radius 3 is 2.16 bits per heavy atom. The molecule has 2 saturated carbocycles. The van der Waals surface area contributed by atoms with Gasteiger partial charge in [-0.25, -0.2) is 0 Å². The Bertz CT molecular complexity index is 680. The van der Waals surface area contributed by atoms with Crippen LogP contribution in [0.25, 0.3) is 0 Å². The fraction of sp³-hybridized carbons (Fsp3) is 0.966. The molecule has 5 fully saturated rings. The standard InChI is InChI=1S/C29H54N6O2/c1-37-27-10-8-23(9-11-27)25-21-30-29(31-22-25)32-26-7-4-6-24(20-26)28(36)35-18-16-34(17-19-35)15-5-14-33-12-2-3-13-33/h23-27,29-32H,2-22H2,1H3. The van der Waals surface area contributed by atoms with Crippen LogP contribution >= 0.6 is 0 Å². The first kappa shape index (κ1) is 27.8. The highest BCUT2D eigenvalue weighted by atomic mass is 16.5. The maximum absolute atomic E-state index is 13.4. The molecule has 5 aliphatic rings. The SMILES string of the molecule is COC1CCC(C2CNC(NC3CCCC(C(=O)N4CCN(CCCN5CCCC5)CC4)C3)NC2)CC1. The summed E-state index contributed by atoms with van der Waals surface area (Å²) in [5, 5.41) is 11.3. The number of ether oxygens (including phenoxy) is 1. The lowest BCUT2D eigenvalue weighted by Crippen LogP contribution is -2.63. The normalized spacial score (nSPS) is 36.6. The topological polar surface area (TPSA) is 72.1 Å². The van der Waals surface area contributed by atoms with E-state index in [1.54, 1.807) is 0 Å². The largest absolute Gasteiger partial charge is 0.381 e. The van der Waals surface area contributed by atoms with Gasteiger partial charge in [-0.1, -0.05) is 6.42 Å². The Hall–Kier alpha value is -0.770. The molecule has 0 spiro atoms. The highest BCUT2D eigenvalue weighted by Gasteiger charge is 2.34. The minimum Gasteiger partial charge on any atom is -0.381 e. The van der Waals surface area contributed by atoms with Crippen LogP contribution in [0.15, 0.2) is 0 Å². The van der Waals surface area contributed by atoms with Gasteiger partial charge in [-0.15, -0.1) is 0 Å². The molecule has 0 radical (unpaired) electrons.